The molecule has 0 saturated carbocycles. The highest BCUT2D eigenvalue weighted by Crippen LogP contribution is 2.06. The minimum absolute atomic E-state index is 0.206. The zero-order valence-electron chi connectivity index (χ0n) is 8.38. The molecule has 0 aliphatic carbocycles. The Labute approximate surface area is 110 Å². The molecule has 0 bridgehead atoms. The quantitative estimate of drug-likeness (QED) is 0.544. The number of rotatable bonds is 4. The van der Waals surface area contributed by atoms with Crippen molar-refractivity contribution < 1.29 is 24.6 Å². The van der Waals surface area contributed by atoms with Gasteiger partial charge in [-0.3, -0.25) is 4.79 Å². The highest BCUT2D eigenvalue weighted by molar-refractivity contribution is 14.1. The Morgan fingerprint density at radius 1 is 1.06 bits per heavy atom. The van der Waals surface area contributed by atoms with Gasteiger partial charge in [-0.1, -0.05) is 0 Å². The Balaban J connectivity index is 2.81. The summed E-state index contributed by atoms with van der Waals surface area (Å²) in [5, 5.41) is 19.1. The summed E-state index contributed by atoms with van der Waals surface area (Å²) in [5.74, 6) is -3.97. The van der Waals surface area contributed by atoms with Crippen molar-refractivity contribution >= 4 is 40.4 Å². The van der Waals surface area contributed by atoms with Crippen LogP contribution in [0.1, 0.15) is 10.4 Å². The first kappa shape index (κ1) is 13.4. The Hall–Kier alpha value is -1.64. The van der Waals surface area contributed by atoms with Crippen molar-refractivity contribution in [2.45, 2.75) is 6.04 Å². The number of carbonyl (C=O) groups is 3. The van der Waals surface area contributed by atoms with Gasteiger partial charge in [0.15, 0.2) is 0 Å². The van der Waals surface area contributed by atoms with E-state index < -0.39 is 23.9 Å². The number of carbonyl (C=O) groups excluding carboxylic acids is 1. The second-order valence-electron chi connectivity index (χ2n) is 3.09. The van der Waals surface area contributed by atoms with Gasteiger partial charge in [-0.15, -0.1) is 0 Å². The predicted molar refractivity (Wildman–Crippen MR) is 65.7 cm³/mol. The first-order valence-corrected chi connectivity index (χ1v) is 5.51. The molecule has 0 fully saturated rings. The molecule has 0 aromatic heterocycles. The summed E-state index contributed by atoms with van der Waals surface area (Å²) in [6.07, 6.45) is 0. The lowest BCUT2D eigenvalue weighted by Crippen LogP contribution is -2.46. The van der Waals surface area contributed by atoms with Crippen molar-refractivity contribution in [3.05, 3.63) is 33.4 Å². The third kappa shape index (κ3) is 3.70. The van der Waals surface area contributed by atoms with E-state index in [1.54, 1.807) is 12.1 Å². The third-order valence-electron chi connectivity index (χ3n) is 1.88. The van der Waals surface area contributed by atoms with E-state index in [0.29, 0.717) is 0 Å². The van der Waals surface area contributed by atoms with Crippen LogP contribution in [0.25, 0.3) is 0 Å². The fraction of sp³-hybridized carbons (Fsp3) is 0.100. The smallest absolute Gasteiger partial charge is 0.338 e. The van der Waals surface area contributed by atoms with E-state index in [9.17, 15) is 14.4 Å². The van der Waals surface area contributed by atoms with Crippen LogP contribution in [-0.2, 0) is 9.59 Å². The van der Waals surface area contributed by atoms with Gasteiger partial charge in [-0.2, -0.15) is 0 Å². The topological polar surface area (TPSA) is 104 Å². The number of aliphatic carboxylic acids is 2. The fourth-order valence-electron chi connectivity index (χ4n) is 1.04. The van der Waals surface area contributed by atoms with E-state index >= 15 is 0 Å². The number of hydrogen-bond acceptors (Lipinski definition) is 3. The zero-order chi connectivity index (χ0) is 13.0. The normalized spacial score (nSPS) is 10.0. The maximum atomic E-state index is 11.5. The molecule has 0 aliphatic heterocycles. The summed E-state index contributed by atoms with van der Waals surface area (Å²) in [4.78, 5) is 32.7. The lowest BCUT2D eigenvalue weighted by atomic mass is 10.2. The molecule has 1 aromatic rings. The first-order chi connectivity index (χ1) is 7.91. The Morgan fingerprint density at radius 2 is 1.53 bits per heavy atom. The molecule has 17 heavy (non-hydrogen) atoms. The van der Waals surface area contributed by atoms with Crippen molar-refractivity contribution in [2.75, 3.05) is 0 Å². The minimum atomic E-state index is -1.94. The molecule has 0 aliphatic rings. The molecule has 7 heteroatoms. The van der Waals surface area contributed by atoms with Gasteiger partial charge in [0, 0.05) is 9.13 Å². The van der Waals surface area contributed by atoms with Gasteiger partial charge in [-0.05, 0) is 46.9 Å². The average Bonchev–Trinajstić information content (AvgIpc) is 2.25. The molecule has 1 amide bonds. The molecule has 1 aromatic carbocycles. The van der Waals surface area contributed by atoms with Gasteiger partial charge in [0.05, 0.1) is 0 Å². The largest absolute Gasteiger partial charge is 0.479 e. The van der Waals surface area contributed by atoms with Crippen LogP contribution in [0.15, 0.2) is 24.3 Å². The van der Waals surface area contributed by atoms with Crippen molar-refractivity contribution in [3.8, 4) is 0 Å². The molecule has 0 radical (unpaired) electrons. The number of nitrogens with one attached hydrogen (secondary N) is 1. The van der Waals surface area contributed by atoms with Crippen LogP contribution in [0.2, 0.25) is 0 Å². The van der Waals surface area contributed by atoms with E-state index in [1.165, 1.54) is 12.1 Å². The number of hydrogen-bond donors (Lipinski definition) is 3. The number of benzene rings is 1. The Bertz CT molecular complexity index is 442. The van der Waals surface area contributed by atoms with Crippen molar-refractivity contribution in [3.63, 3.8) is 0 Å². The van der Waals surface area contributed by atoms with Gasteiger partial charge in [0.25, 0.3) is 5.91 Å². The summed E-state index contributed by atoms with van der Waals surface area (Å²) >= 11 is 2.05. The van der Waals surface area contributed by atoms with Crippen LogP contribution in [0.5, 0.6) is 0 Å². The average molecular weight is 349 g/mol. The van der Waals surface area contributed by atoms with Crippen LogP contribution in [-0.4, -0.2) is 34.1 Å². The highest BCUT2D eigenvalue weighted by Gasteiger charge is 2.27. The van der Waals surface area contributed by atoms with Crippen LogP contribution in [0, 0.1) is 3.57 Å². The summed E-state index contributed by atoms with van der Waals surface area (Å²) in [5.41, 5.74) is 0.206. The third-order valence-corrected chi connectivity index (χ3v) is 2.59. The monoisotopic (exact) mass is 349 g/mol. The number of carboxylic acids is 2. The van der Waals surface area contributed by atoms with Gasteiger partial charge >= 0.3 is 11.9 Å². The minimum Gasteiger partial charge on any atom is -0.479 e. The van der Waals surface area contributed by atoms with Crippen molar-refractivity contribution in [1.29, 1.82) is 0 Å². The standard InChI is InChI=1S/C10H8INO5/c11-6-3-1-5(2-4-6)8(13)12-7(9(14)15)10(16)17/h1-4,7H,(H,12,13)(H,14,15)(H,16,17). The van der Waals surface area contributed by atoms with Gasteiger partial charge in [-0.25, -0.2) is 9.59 Å². The number of carboxylic acid groups (broad SMARTS) is 2. The van der Waals surface area contributed by atoms with Crippen molar-refractivity contribution in [1.82, 2.24) is 5.32 Å². The maximum Gasteiger partial charge on any atom is 0.338 e. The second kappa shape index (κ2) is 5.62. The molecule has 0 saturated heterocycles. The van der Waals surface area contributed by atoms with Gasteiger partial charge in [0.1, 0.15) is 0 Å². The maximum absolute atomic E-state index is 11.5. The molecule has 1 rings (SSSR count). The van der Waals surface area contributed by atoms with Crippen LogP contribution >= 0.6 is 22.6 Å². The molecule has 0 atom stereocenters. The van der Waals surface area contributed by atoms with Gasteiger partial charge in [0.2, 0.25) is 6.04 Å². The van der Waals surface area contributed by atoms with Gasteiger partial charge < -0.3 is 15.5 Å². The molecule has 3 N–H and O–H groups in total. The van der Waals surface area contributed by atoms with E-state index in [2.05, 4.69) is 0 Å². The molecular formula is C10H8INO5. The van der Waals surface area contributed by atoms with E-state index in [4.69, 9.17) is 10.2 Å². The highest BCUT2D eigenvalue weighted by atomic mass is 127. The first-order valence-electron chi connectivity index (χ1n) is 4.44. The molecule has 6 nitrogen and oxygen atoms in total. The van der Waals surface area contributed by atoms with Crippen LogP contribution in [0.3, 0.4) is 0 Å². The number of halogens is 1. The van der Waals surface area contributed by atoms with E-state index in [-0.39, 0.29) is 5.56 Å². The summed E-state index contributed by atoms with van der Waals surface area (Å²) in [6.45, 7) is 0. The van der Waals surface area contributed by atoms with Crippen molar-refractivity contribution in [2.24, 2.45) is 0 Å². The molecule has 0 heterocycles. The van der Waals surface area contributed by atoms with Crippen LogP contribution in [0.4, 0.5) is 0 Å². The summed E-state index contributed by atoms with van der Waals surface area (Å²) in [6, 6.07) is 4.34. The van der Waals surface area contributed by atoms with E-state index in [1.807, 2.05) is 27.9 Å². The zero-order valence-corrected chi connectivity index (χ0v) is 10.5. The fourth-order valence-corrected chi connectivity index (χ4v) is 1.40. The number of amides is 1. The molecule has 0 unspecified atom stereocenters. The molecule has 90 valence electrons. The SMILES string of the molecule is O=C(NC(C(=O)O)C(=O)O)c1ccc(I)cc1. The second-order valence-corrected chi connectivity index (χ2v) is 4.34. The van der Waals surface area contributed by atoms with E-state index in [0.717, 1.165) is 3.57 Å². The Kier molecular flexibility index (Phi) is 4.44. The molecular weight excluding hydrogens is 341 g/mol. The summed E-state index contributed by atoms with van der Waals surface area (Å²) < 4.78 is 0.909. The summed E-state index contributed by atoms with van der Waals surface area (Å²) in [7, 11) is 0. The predicted octanol–water partition coefficient (Wildman–Crippen LogP) is 0.559. The molecule has 0 spiro atoms. The Morgan fingerprint density at radius 3 is 1.94 bits per heavy atom. The lowest BCUT2D eigenvalue weighted by Gasteiger charge is -2.09. The lowest BCUT2D eigenvalue weighted by molar-refractivity contribution is -0.150. The van der Waals surface area contributed by atoms with Crippen LogP contribution < -0.4 is 5.32 Å².